The van der Waals surface area contributed by atoms with Gasteiger partial charge in [0.05, 0.1) is 23.6 Å². The minimum absolute atomic E-state index is 1.07. The molecule has 0 bridgehead atoms. The van der Waals surface area contributed by atoms with E-state index in [1.54, 1.807) is 23.7 Å². The van der Waals surface area contributed by atoms with Gasteiger partial charge in [0.15, 0.2) is 0 Å². The van der Waals surface area contributed by atoms with E-state index in [0.29, 0.717) is 0 Å². The molecule has 0 atom stereocenters. The highest BCUT2D eigenvalue weighted by atomic mass is 32.1. The van der Waals surface area contributed by atoms with Crippen molar-refractivity contribution in [2.45, 2.75) is 198 Å². The number of aryl methyl sites for hydroxylation is 9. The number of pyridine rings is 3. The molecule has 7 heterocycles. The van der Waals surface area contributed by atoms with E-state index < -0.39 is 0 Å². The molecule has 0 unspecified atom stereocenters. The molecule has 1 aliphatic carbocycles. The minimum Gasteiger partial charge on any atom is -0.472 e. The van der Waals surface area contributed by atoms with Crippen LogP contribution in [0.15, 0.2) is 224 Å². The van der Waals surface area contributed by atoms with Crippen LogP contribution < -0.4 is 0 Å². The molecule has 1 saturated heterocycles. The van der Waals surface area contributed by atoms with Crippen molar-refractivity contribution in [1.29, 1.82) is 0 Å². The molecule has 96 heavy (non-hydrogen) atoms. The molecule has 7 heteroatoms. The Hall–Kier alpha value is -8.23. The third-order valence-electron chi connectivity index (χ3n) is 14.1. The minimum atomic E-state index is 1.07. The molecule has 0 amide bonds. The number of rotatable bonds is 0. The van der Waals surface area contributed by atoms with E-state index in [9.17, 15) is 0 Å². The lowest BCUT2D eigenvalue weighted by molar-refractivity contribution is 0.418. The number of fused-ring (bicyclic) bond motifs is 8. The highest BCUT2D eigenvalue weighted by molar-refractivity contribution is 7.26. The van der Waals surface area contributed by atoms with Crippen molar-refractivity contribution in [3.05, 3.63) is 270 Å². The molecule has 2 aliphatic rings. The number of para-hydroxylation sites is 1. The van der Waals surface area contributed by atoms with E-state index >= 15 is 0 Å². The Morgan fingerprint density at radius 3 is 1.59 bits per heavy atom. The lowest BCUT2D eigenvalue weighted by Gasteiger charge is -2.15. The van der Waals surface area contributed by atoms with Crippen molar-refractivity contribution in [2.75, 3.05) is 20.1 Å². The molecule has 518 valence electrons. The summed E-state index contributed by atoms with van der Waals surface area (Å²) in [7, 11) is 2.17. The first-order valence-corrected chi connectivity index (χ1v) is 36.9. The average Bonchev–Trinajstić information content (AvgIpc) is 1.65. The fourth-order valence-electron chi connectivity index (χ4n) is 9.69. The van der Waals surface area contributed by atoms with Gasteiger partial charge in [-0.3, -0.25) is 15.0 Å². The zero-order valence-corrected chi connectivity index (χ0v) is 64.9. The SMILES string of the molecule is CC.CC.CC.CC.CC.CC.CC.CC.CN1CCCC1.Cc1cc2ccccc2cn1.Cc1ccc2[nH]ccc2c1.Cc1ccc2c(c1)CCCC2.Cc1ccc2ccccc2n1.Cc1ccc2ncccc2c1.Cc1cccc2c1sc1ccccc12.Cc1ccoc1. The fourth-order valence-corrected chi connectivity index (χ4v) is 10.9. The first-order chi connectivity index (χ1) is 46.9. The zero-order valence-electron chi connectivity index (χ0n) is 64.0. The zero-order chi connectivity index (χ0) is 72.1. The molecule has 15 rings (SSSR count). The molecule has 1 N–H and O–H groups in total. The number of H-pyrrole nitrogens is 1. The fraction of sp³-hybridized carbons (Fsp3) is 0.360. The van der Waals surface area contributed by atoms with E-state index in [1.807, 2.05) is 216 Å². The number of nitrogens with one attached hydrogen (secondary N) is 1. The highest BCUT2D eigenvalue weighted by Crippen LogP contribution is 2.35. The maximum atomic E-state index is 4.71. The van der Waals surface area contributed by atoms with Crippen molar-refractivity contribution in [2.24, 2.45) is 0 Å². The Balaban J connectivity index is 0.00000105. The molecular weight excluding hydrogens is 1190 g/mol. The molecule has 1 aliphatic heterocycles. The van der Waals surface area contributed by atoms with Crippen molar-refractivity contribution in [1.82, 2.24) is 24.8 Å². The van der Waals surface area contributed by atoms with Gasteiger partial charge >= 0.3 is 0 Å². The lowest BCUT2D eigenvalue weighted by atomic mass is 9.91. The second-order valence-corrected chi connectivity index (χ2v) is 22.0. The Labute approximate surface area is 588 Å². The Bertz CT molecular complexity index is 3800. The summed E-state index contributed by atoms with van der Waals surface area (Å²) >= 11 is 1.89. The van der Waals surface area contributed by atoms with E-state index in [2.05, 4.69) is 193 Å². The predicted octanol–water partition coefficient (Wildman–Crippen LogP) is 27.9. The van der Waals surface area contributed by atoms with Crippen LogP contribution in [0.5, 0.6) is 0 Å². The molecule has 0 saturated carbocycles. The number of benzene rings is 7. The Morgan fingerprint density at radius 2 is 0.969 bits per heavy atom. The largest absolute Gasteiger partial charge is 0.472 e. The van der Waals surface area contributed by atoms with E-state index in [4.69, 9.17) is 4.42 Å². The van der Waals surface area contributed by atoms with Crippen LogP contribution in [0.3, 0.4) is 0 Å². The van der Waals surface area contributed by atoms with Crippen LogP contribution in [0.25, 0.3) is 63.7 Å². The topological polar surface area (TPSA) is 70.8 Å². The van der Waals surface area contributed by atoms with Crippen molar-refractivity contribution < 1.29 is 4.42 Å². The van der Waals surface area contributed by atoms with Crippen molar-refractivity contribution >= 4 is 75.0 Å². The lowest BCUT2D eigenvalue weighted by Crippen LogP contribution is -2.10. The average molecular weight is 1310 g/mol. The number of aromatic amines is 1. The molecule has 6 aromatic heterocycles. The van der Waals surface area contributed by atoms with E-state index in [0.717, 1.165) is 22.4 Å². The van der Waals surface area contributed by atoms with Crippen LogP contribution in [-0.2, 0) is 12.8 Å². The van der Waals surface area contributed by atoms with Gasteiger partial charge in [0.2, 0.25) is 0 Å². The van der Waals surface area contributed by atoms with Gasteiger partial charge in [-0.05, 0) is 207 Å². The summed E-state index contributed by atoms with van der Waals surface area (Å²) in [5, 5.41) is 8.96. The second kappa shape index (κ2) is 55.0. The molecule has 1 fully saturated rings. The Morgan fingerprint density at radius 1 is 0.406 bits per heavy atom. The van der Waals surface area contributed by atoms with Crippen LogP contribution >= 0.6 is 11.3 Å². The van der Waals surface area contributed by atoms with Crippen molar-refractivity contribution in [3.63, 3.8) is 0 Å². The van der Waals surface area contributed by atoms with Crippen molar-refractivity contribution in [3.8, 4) is 0 Å². The number of furan rings is 1. The molecular formula is C89H125N5OS. The van der Waals surface area contributed by atoms with Gasteiger partial charge in [-0.15, -0.1) is 11.3 Å². The molecule has 0 spiro atoms. The van der Waals surface area contributed by atoms with Crippen LogP contribution in [0.1, 0.15) is 187 Å². The summed E-state index contributed by atoms with van der Waals surface area (Å²) < 4.78 is 7.52. The summed E-state index contributed by atoms with van der Waals surface area (Å²) in [6.07, 6.45) is 17.3. The molecule has 13 aromatic rings. The summed E-state index contributed by atoms with van der Waals surface area (Å²) in [6.45, 7) is 49.2. The molecule has 6 nitrogen and oxygen atoms in total. The van der Waals surface area contributed by atoms with Gasteiger partial charge in [-0.2, -0.15) is 0 Å². The van der Waals surface area contributed by atoms with Gasteiger partial charge < -0.3 is 14.3 Å². The smallest absolute Gasteiger partial charge is 0.0931 e. The summed E-state index contributed by atoms with van der Waals surface area (Å²) in [5.41, 5.74) is 15.2. The quantitative estimate of drug-likeness (QED) is 0.164. The third kappa shape index (κ3) is 32.5. The molecule has 0 radical (unpaired) electrons. The number of nitrogens with zero attached hydrogens (tertiary/aromatic N) is 4. The summed E-state index contributed by atoms with van der Waals surface area (Å²) in [5.74, 6) is 0. The third-order valence-corrected chi connectivity index (χ3v) is 15.4. The van der Waals surface area contributed by atoms with E-state index in [-0.39, 0.29) is 0 Å². The van der Waals surface area contributed by atoms with Gasteiger partial charge in [-0.25, -0.2) is 0 Å². The highest BCUT2D eigenvalue weighted by Gasteiger charge is 2.08. The molecule has 7 aromatic carbocycles. The van der Waals surface area contributed by atoms with Crippen LogP contribution in [0, 0.1) is 48.5 Å². The maximum Gasteiger partial charge on any atom is 0.0931 e. The monoisotopic (exact) mass is 1310 g/mol. The first-order valence-electron chi connectivity index (χ1n) is 36.1. The van der Waals surface area contributed by atoms with E-state index in [1.165, 1.54) is 132 Å². The number of thiophene rings is 1. The van der Waals surface area contributed by atoms with Crippen LogP contribution in [0.4, 0.5) is 0 Å². The standard InChI is InChI=1S/C13H10S.C11H14.3C10H9N.C9H9N.C5H11N.C5H6O.8C2H6/c1-9-5-4-7-11-10-6-2-3-8-12(10)14-13(9)11;1-9-6-7-10-4-2-3-5-11(10)8-9;1-8-4-5-10-9(7-8)3-2-6-11-10;1-8-6-9-4-2-3-5-10(9)7-11-8;1-8-6-7-9-4-2-3-5-10(9)11-8;1-7-2-3-9-8(6-7)4-5-10-9;1-6-4-2-3-5-6;1-5-2-3-6-4-5;8*1-2/h2-8H,1H3;6-8H,2-5H2,1H3;3*2-7H,1H3;2-6,10H,1H3;2-5H2,1H3;2-4H,1H3;8*1-2H3. The van der Waals surface area contributed by atoms with Crippen LogP contribution in [0.2, 0.25) is 0 Å². The maximum absolute atomic E-state index is 4.71. The van der Waals surface area contributed by atoms with Crippen LogP contribution in [-0.4, -0.2) is 45.0 Å². The summed E-state index contributed by atoms with van der Waals surface area (Å²) in [6, 6.07) is 65.3. The predicted molar refractivity (Wildman–Crippen MR) is 435 cm³/mol. The Kier molecular flexibility index (Phi) is 50.2. The van der Waals surface area contributed by atoms with Gasteiger partial charge in [-0.1, -0.05) is 249 Å². The second-order valence-electron chi connectivity index (χ2n) is 20.9. The van der Waals surface area contributed by atoms with Gasteiger partial charge in [0.1, 0.15) is 0 Å². The number of aromatic nitrogens is 4. The number of likely N-dealkylation sites (tertiary alicyclic amines) is 1. The number of hydrogen-bond acceptors (Lipinski definition) is 6. The normalized spacial score (nSPS) is 10.8. The van der Waals surface area contributed by atoms with Gasteiger partial charge in [0, 0.05) is 71.8 Å². The number of hydrogen-bond donors (Lipinski definition) is 1. The van der Waals surface area contributed by atoms with Gasteiger partial charge in [0.25, 0.3) is 0 Å². The first kappa shape index (κ1) is 87.8. The summed E-state index contributed by atoms with van der Waals surface area (Å²) in [4.78, 5) is 18.3.